The lowest BCUT2D eigenvalue weighted by Crippen LogP contribution is -2.31. The fourth-order valence-corrected chi connectivity index (χ4v) is 2.71. The summed E-state index contributed by atoms with van der Waals surface area (Å²) in [5.41, 5.74) is 0.687. The summed E-state index contributed by atoms with van der Waals surface area (Å²) >= 11 is 4.93. The largest absolute Gasteiger partial charge is 0.343 e. The molecule has 2 rings (SSSR count). The van der Waals surface area contributed by atoms with Gasteiger partial charge in [-0.15, -0.1) is 11.3 Å². The van der Waals surface area contributed by atoms with E-state index in [-0.39, 0.29) is 18.4 Å². The predicted octanol–water partition coefficient (Wildman–Crippen LogP) is 3.59. The topological polar surface area (TPSA) is 58.2 Å². The van der Waals surface area contributed by atoms with Crippen LogP contribution in [0.25, 0.3) is 6.08 Å². The van der Waals surface area contributed by atoms with Gasteiger partial charge in [-0.05, 0) is 49.4 Å². The normalized spacial score (nSPS) is 10.6. The van der Waals surface area contributed by atoms with Gasteiger partial charge in [-0.3, -0.25) is 9.59 Å². The molecule has 0 saturated carbocycles. The van der Waals surface area contributed by atoms with Gasteiger partial charge in [0.1, 0.15) is 0 Å². The molecule has 1 heterocycles. The van der Waals surface area contributed by atoms with Crippen LogP contribution in [-0.4, -0.2) is 18.4 Å². The summed E-state index contributed by atoms with van der Waals surface area (Å²) < 4.78 is 0.938. The Kier molecular flexibility index (Phi) is 5.91. The Balaban J connectivity index is 1.77. The van der Waals surface area contributed by atoms with Gasteiger partial charge in [0, 0.05) is 26.0 Å². The molecule has 0 aliphatic rings. The van der Waals surface area contributed by atoms with E-state index >= 15 is 0 Å². The first-order chi connectivity index (χ1) is 10.5. The minimum Gasteiger partial charge on any atom is -0.343 e. The summed E-state index contributed by atoms with van der Waals surface area (Å²) in [6, 6.07) is 11.2. The SMILES string of the molecule is Cc1ccc(C=CC(=O)NCC(=O)Nc2ccc(Br)cc2)s1. The number of thiophene rings is 1. The third kappa shape index (κ3) is 5.46. The smallest absolute Gasteiger partial charge is 0.244 e. The Labute approximate surface area is 141 Å². The summed E-state index contributed by atoms with van der Waals surface area (Å²) in [6.07, 6.45) is 3.16. The van der Waals surface area contributed by atoms with Crippen LogP contribution in [-0.2, 0) is 9.59 Å². The number of rotatable bonds is 5. The molecule has 0 fully saturated rings. The maximum atomic E-state index is 11.7. The summed E-state index contributed by atoms with van der Waals surface area (Å²) in [7, 11) is 0. The lowest BCUT2D eigenvalue weighted by Gasteiger charge is -2.05. The van der Waals surface area contributed by atoms with Gasteiger partial charge in [-0.1, -0.05) is 15.9 Å². The quantitative estimate of drug-likeness (QED) is 0.781. The third-order valence-electron chi connectivity index (χ3n) is 2.71. The average molecular weight is 379 g/mol. The molecular weight excluding hydrogens is 364 g/mol. The first kappa shape index (κ1) is 16.5. The number of halogens is 1. The zero-order chi connectivity index (χ0) is 15.9. The summed E-state index contributed by atoms with van der Waals surface area (Å²) in [6.45, 7) is 1.94. The molecule has 0 aliphatic carbocycles. The maximum absolute atomic E-state index is 11.7. The number of carbonyl (C=O) groups excluding carboxylic acids is 2. The van der Waals surface area contributed by atoms with Crippen molar-refractivity contribution in [2.75, 3.05) is 11.9 Å². The lowest BCUT2D eigenvalue weighted by molar-refractivity contribution is -0.121. The van der Waals surface area contributed by atoms with E-state index in [0.29, 0.717) is 5.69 Å². The first-order valence-electron chi connectivity index (χ1n) is 6.61. The van der Waals surface area contributed by atoms with Crippen molar-refractivity contribution >= 4 is 50.8 Å². The molecule has 0 spiro atoms. The Morgan fingerprint density at radius 2 is 1.91 bits per heavy atom. The van der Waals surface area contributed by atoms with Gasteiger partial charge in [-0.2, -0.15) is 0 Å². The minimum atomic E-state index is -0.294. The predicted molar refractivity (Wildman–Crippen MR) is 93.9 cm³/mol. The van der Waals surface area contributed by atoms with Gasteiger partial charge in [0.05, 0.1) is 6.54 Å². The number of amides is 2. The first-order valence-corrected chi connectivity index (χ1v) is 8.21. The minimum absolute atomic E-state index is 0.0668. The molecule has 2 N–H and O–H groups in total. The van der Waals surface area contributed by atoms with E-state index in [0.717, 1.165) is 9.35 Å². The number of benzene rings is 1. The second kappa shape index (κ2) is 7.91. The van der Waals surface area contributed by atoms with E-state index in [1.807, 2.05) is 31.2 Å². The number of anilines is 1. The molecule has 0 bridgehead atoms. The van der Waals surface area contributed by atoms with Crippen molar-refractivity contribution in [3.05, 3.63) is 56.7 Å². The number of carbonyl (C=O) groups is 2. The van der Waals surface area contributed by atoms with Crippen molar-refractivity contribution in [2.24, 2.45) is 0 Å². The zero-order valence-electron chi connectivity index (χ0n) is 11.9. The molecule has 1 aromatic heterocycles. The number of hydrogen-bond acceptors (Lipinski definition) is 3. The van der Waals surface area contributed by atoms with Crippen molar-refractivity contribution in [3.8, 4) is 0 Å². The van der Waals surface area contributed by atoms with Crippen molar-refractivity contribution in [2.45, 2.75) is 6.92 Å². The fourth-order valence-electron chi connectivity index (χ4n) is 1.67. The summed E-state index contributed by atoms with van der Waals surface area (Å²) in [4.78, 5) is 25.6. The number of hydrogen-bond donors (Lipinski definition) is 2. The van der Waals surface area contributed by atoms with Crippen molar-refractivity contribution in [3.63, 3.8) is 0 Å². The van der Waals surface area contributed by atoms with E-state index < -0.39 is 0 Å². The van der Waals surface area contributed by atoms with Crippen molar-refractivity contribution in [1.29, 1.82) is 0 Å². The molecule has 22 heavy (non-hydrogen) atoms. The molecular formula is C16H15BrN2O2S. The Morgan fingerprint density at radius 1 is 1.18 bits per heavy atom. The monoisotopic (exact) mass is 378 g/mol. The van der Waals surface area contributed by atoms with E-state index in [2.05, 4.69) is 26.6 Å². The van der Waals surface area contributed by atoms with Gasteiger partial charge >= 0.3 is 0 Å². The van der Waals surface area contributed by atoms with Crippen molar-refractivity contribution < 1.29 is 9.59 Å². The molecule has 1 aromatic carbocycles. The average Bonchev–Trinajstić information content (AvgIpc) is 2.91. The molecule has 0 atom stereocenters. The summed E-state index contributed by atoms with van der Waals surface area (Å²) in [5, 5.41) is 5.25. The van der Waals surface area contributed by atoms with Crippen molar-refractivity contribution in [1.82, 2.24) is 5.32 Å². The van der Waals surface area contributed by atoms with Gasteiger partial charge in [0.2, 0.25) is 11.8 Å². The molecule has 2 amide bonds. The van der Waals surface area contributed by atoms with Gasteiger partial charge in [-0.25, -0.2) is 0 Å². The Hall–Kier alpha value is -1.92. The van der Waals surface area contributed by atoms with E-state index in [4.69, 9.17) is 0 Å². The molecule has 4 nitrogen and oxygen atoms in total. The van der Waals surface area contributed by atoms with E-state index in [1.54, 1.807) is 29.5 Å². The zero-order valence-corrected chi connectivity index (χ0v) is 14.3. The highest BCUT2D eigenvalue weighted by molar-refractivity contribution is 9.10. The molecule has 0 radical (unpaired) electrons. The van der Waals surface area contributed by atoms with Crippen LogP contribution in [0, 0.1) is 6.92 Å². The fraction of sp³-hybridized carbons (Fsp3) is 0.125. The van der Waals surface area contributed by atoms with Crippen LogP contribution < -0.4 is 10.6 Å². The molecule has 2 aromatic rings. The van der Waals surface area contributed by atoms with Crippen LogP contribution in [0.15, 0.2) is 46.9 Å². The molecule has 114 valence electrons. The second-order valence-corrected chi connectivity index (χ2v) is 6.79. The van der Waals surface area contributed by atoms with Crippen LogP contribution in [0.3, 0.4) is 0 Å². The van der Waals surface area contributed by atoms with Gasteiger partial charge in [0.25, 0.3) is 0 Å². The van der Waals surface area contributed by atoms with Gasteiger partial charge in [0.15, 0.2) is 0 Å². The van der Waals surface area contributed by atoms with E-state index in [9.17, 15) is 9.59 Å². The third-order valence-corrected chi connectivity index (χ3v) is 4.21. The molecule has 0 unspecified atom stereocenters. The highest BCUT2D eigenvalue weighted by atomic mass is 79.9. The van der Waals surface area contributed by atoms with Crippen LogP contribution in [0.2, 0.25) is 0 Å². The van der Waals surface area contributed by atoms with Crippen LogP contribution in [0.1, 0.15) is 9.75 Å². The highest BCUT2D eigenvalue weighted by Crippen LogP contribution is 2.16. The highest BCUT2D eigenvalue weighted by Gasteiger charge is 2.04. The standard InChI is InChI=1S/C16H15BrN2O2S/c1-11-2-7-14(22-11)8-9-15(20)18-10-16(21)19-13-5-3-12(17)4-6-13/h2-9H,10H2,1H3,(H,18,20)(H,19,21). The second-order valence-electron chi connectivity index (χ2n) is 4.55. The molecule has 6 heteroatoms. The lowest BCUT2D eigenvalue weighted by atomic mass is 10.3. The van der Waals surface area contributed by atoms with Crippen LogP contribution in [0.4, 0.5) is 5.69 Å². The number of nitrogens with one attached hydrogen (secondary N) is 2. The van der Waals surface area contributed by atoms with E-state index in [1.165, 1.54) is 11.0 Å². The maximum Gasteiger partial charge on any atom is 0.244 e. The molecule has 0 saturated heterocycles. The van der Waals surface area contributed by atoms with Crippen LogP contribution >= 0.6 is 27.3 Å². The Bertz CT molecular complexity index is 692. The van der Waals surface area contributed by atoms with Crippen LogP contribution in [0.5, 0.6) is 0 Å². The molecule has 0 aliphatic heterocycles. The van der Waals surface area contributed by atoms with Gasteiger partial charge < -0.3 is 10.6 Å². The number of aryl methyl sites for hydroxylation is 1. The summed E-state index contributed by atoms with van der Waals surface area (Å²) in [5.74, 6) is -0.562. The Morgan fingerprint density at radius 3 is 2.55 bits per heavy atom.